The molecule has 1 spiro atoms. The van der Waals surface area contributed by atoms with Gasteiger partial charge in [-0.25, -0.2) is 0 Å². The van der Waals surface area contributed by atoms with Gasteiger partial charge in [0.05, 0.1) is 13.2 Å². The molecule has 0 bridgehead atoms. The van der Waals surface area contributed by atoms with Crippen LogP contribution in [0.4, 0.5) is 0 Å². The first-order valence-electron chi connectivity index (χ1n) is 3.69. The molecule has 2 aliphatic rings. The van der Waals surface area contributed by atoms with Gasteiger partial charge in [-0.3, -0.25) is 4.79 Å². The molecular weight excluding hydrogens is 144 g/mol. The summed E-state index contributed by atoms with van der Waals surface area (Å²) in [5.74, 6) is -0.961. The third-order valence-corrected chi connectivity index (χ3v) is 2.39. The fourth-order valence-corrected chi connectivity index (χ4v) is 1.53. The van der Waals surface area contributed by atoms with Crippen LogP contribution in [-0.2, 0) is 14.3 Å². The highest BCUT2D eigenvalue weighted by atomic mass is 16.7. The second kappa shape index (κ2) is 1.93. The van der Waals surface area contributed by atoms with Crippen LogP contribution in [0.15, 0.2) is 11.1 Å². The van der Waals surface area contributed by atoms with Crippen LogP contribution in [0.25, 0.3) is 0 Å². The Morgan fingerprint density at radius 3 is 2.27 bits per heavy atom. The zero-order valence-corrected chi connectivity index (χ0v) is 6.64. The quantitative estimate of drug-likeness (QED) is 0.514. The van der Waals surface area contributed by atoms with Crippen molar-refractivity contribution in [3.8, 4) is 0 Å². The zero-order valence-electron chi connectivity index (χ0n) is 6.64. The van der Waals surface area contributed by atoms with Crippen molar-refractivity contribution in [2.24, 2.45) is 0 Å². The van der Waals surface area contributed by atoms with E-state index in [1.807, 2.05) is 6.92 Å². The molecule has 1 saturated heterocycles. The molecule has 1 fully saturated rings. The van der Waals surface area contributed by atoms with Crippen LogP contribution in [0.3, 0.4) is 0 Å². The van der Waals surface area contributed by atoms with Gasteiger partial charge in [-0.15, -0.1) is 0 Å². The highest BCUT2D eigenvalue weighted by Crippen LogP contribution is 2.41. The zero-order chi connectivity index (χ0) is 8.06. The van der Waals surface area contributed by atoms with Crippen molar-refractivity contribution in [1.82, 2.24) is 0 Å². The highest BCUT2D eigenvalue weighted by molar-refractivity contribution is 6.10. The Balaban J connectivity index is 2.38. The predicted molar refractivity (Wildman–Crippen MR) is 38.0 cm³/mol. The van der Waals surface area contributed by atoms with E-state index in [0.717, 1.165) is 11.1 Å². The second-order valence-corrected chi connectivity index (χ2v) is 2.89. The summed E-state index contributed by atoms with van der Waals surface area (Å²) in [4.78, 5) is 11.3. The lowest BCUT2D eigenvalue weighted by Crippen LogP contribution is -2.50. The van der Waals surface area contributed by atoms with Gasteiger partial charge in [0.1, 0.15) is 0 Å². The van der Waals surface area contributed by atoms with Gasteiger partial charge in [-0.2, -0.15) is 0 Å². The second-order valence-electron chi connectivity index (χ2n) is 2.89. The molecule has 3 nitrogen and oxygen atoms in total. The van der Waals surface area contributed by atoms with E-state index in [0.29, 0.717) is 13.2 Å². The lowest BCUT2D eigenvalue weighted by molar-refractivity contribution is -0.171. The number of ketones is 1. The summed E-state index contributed by atoms with van der Waals surface area (Å²) < 4.78 is 10.5. The van der Waals surface area contributed by atoms with Crippen LogP contribution in [0.1, 0.15) is 13.8 Å². The molecule has 0 amide bonds. The Kier molecular flexibility index (Phi) is 1.23. The fourth-order valence-electron chi connectivity index (χ4n) is 1.53. The van der Waals surface area contributed by atoms with Crippen molar-refractivity contribution in [2.75, 3.05) is 13.2 Å². The van der Waals surface area contributed by atoms with Crippen LogP contribution < -0.4 is 0 Å². The molecule has 0 aromatic heterocycles. The molecule has 0 saturated carbocycles. The molecule has 1 aliphatic heterocycles. The normalized spacial score (nSPS) is 28.0. The van der Waals surface area contributed by atoms with E-state index in [2.05, 4.69) is 0 Å². The van der Waals surface area contributed by atoms with Gasteiger partial charge in [0.15, 0.2) is 0 Å². The minimum absolute atomic E-state index is 0.00694. The van der Waals surface area contributed by atoms with E-state index < -0.39 is 5.79 Å². The van der Waals surface area contributed by atoms with Crippen LogP contribution >= 0.6 is 0 Å². The predicted octanol–water partition coefficient (Wildman–Crippen LogP) is 0.649. The summed E-state index contributed by atoms with van der Waals surface area (Å²) in [6.45, 7) is 4.72. The Morgan fingerprint density at radius 1 is 1.27 bits per heavy atom. The van der Waals surface area contributed by atoms with Gasteiger partial charge in [0.2, 0.25) is 5.78 Å². The van der Waals surface area contributed by atoms with Crippen molar-refractivity contribution in [2.45, 2.75) is 19.6 Å². The number of hydrogen-bond acceptors (Lipinski definition) is 3. The largest absolute Gasteiger partial charge is 0.338 e. The summed E-state index contributed by atoms with van der Waals surface area (Å²) in [5, 5.41) is 0. The number of rotatable bonds is 0. The highest BCUT2D eigenvalue weighted by Gasteiger charge is 2.54. The summed E-state index contributed by atoms with van der Waals surface area (Å²) in [7, 11) is 0. The van der Waals surface area contributed by atoms with Gasteiger partial charge in [-0.05, 0) is 13.8 Å². The van der Waals surface area contributed by atoms with Crippen molar-refractivity contribution < 1.29 is 14.3 Å². The lowest BCUT2D eigenvalue weighted by Gasteiger charge is -2.36. The summed E-state index contributed by atoms with van der Waals surface area (Å²) in [6.07, 6.45) is 0. The first-order valence-corrected chi connectivity index (χ1v) is 3.69. The van der Waals surface area contributed by atoms with Crippen molar-refractivity contribution in [3.05, 3.63) is 11.1 Å². The number of carbonyl (C=O) groups excluding carboxylic acids is 1. The van der Waals surface area contributed by atoms with E-state index in [4.69, 9.17) is 9.47 Å². The summed E-state index contributed by atoms with van der Waals surface area (Å²) in [5.41, 5.74) is 1.71. The average molecular weight is 154 g/mol. The molecule has 0 aromatic rings. The summed E-state index contributed by atoms with van der Waals surface area (Å²) in [6, 6.07) is 0. The lowest BCUT2D eigenvalue weighted by atomic mass is 9.82. The minimum atomic E-state index is -0.954. The monoisotopic (exact) mass is 154 g/mol. The minimum Gasteiger partial charge on any atom is -0.338 e. The first-order chi connectivity index (χ1) is 5.18. The molecule has 2 rings (SSSR count). The molecule has 0 unspecified atom stereocenters. The standard InChI is InChI=1S/C8H10O3/c1-5-6(2)8(7(5)9)10-3-4-11-8/h3-4H2,1-2H3. The van der Waals surface area contributed by atoms with Crippen molar-refractivity contribution in [1.29, 1.82) is 0 Å². The fraction of sp³-hybridized carbons (Fsp3) is 0.625. The topological polar surface area (TPSA) is 35.5 Å². The van der Waals surface area contributed by atoms with Crippen molar-refractivity contribution >= 4 is 5.78 Å². The third kappa shape index (κ3) is 0.625. The Morgan fingerprint density at radius 2 is 1.82 bits per heavy atom. The maximum Gasteiger partial charge on any atom is 0.257 e. The van der Waals surface area contributed by atoms with Crippen LogP contribution in [0.5, 0.6) is 0 Å². The molecule has 0 N–H and O–H groups in total. The van der Waals surface area contributed by atoms with Crippen LogP contribution in [0, 0.1) is 0 Å². The van der Waals surface area contributed by atoms with Crippen LogP contribution in [0.2, 0.25) is 0 Å². The molecule has 60 valence electrons. The van der Waals surface area contributed by atoms with Gasteiger partial charge in [0, 0.05) is 11.1 Å². The molecule has 1 heterocycles. The molecule has 0 radical (unpaired) electrons. The van der Waals surface area contributed by atoms with Gasteiger partial charge >= 0.3 is 0 Å². The third-order valence-electron chi connectivity index (χ3n) is 2.39. The average Bonchev–Trinajstić information content (AvgIpc) is 2.51. The van der Waals surface area contributed by atoms with E-state index in [1.54, 1.807) is 6.92 Å². The number of Topliss-reactive ketones (excluding diaryl/α,β-unsaturated/α-hetero) is 1. The van der Waals surface area contributed by atoms with Gasteiger partial charge < -0.3 is 9.47 Å². The Labute approximate surface area is 65.0 Å². The number of carbonyl (C=O) groups is 1. The molecule has 1 aliphatic carbocycles. The molecular formula is C8H10O3. The van der Waals surface area contributed by atoms with E-state index in [1.165, 1.54) is 0 Å². The van der Waals surface area contributed by atoms with E-state index in [9.17, 15) is 4.79 Å². The summed E-state index contributed by atoms with van der Waals surface area (Å²) >= 11 is 0. The maximum absolute atomic E-state index is 11.3. The first kappa shape index (κ1) is 7.00. The molecule has 0 atom stereocenters. The van der Waals surface area contributed by atoms with E-state index in [-0.39, 0.29) is 5.78 Å². The Bertz CT molecular complexity index is 246. The number of hydrogen-bond donors (Lipinski definition) is 0. The van der Waals surface area contributed by atoms with Crippen molar-refractivity contribution in [3.63, 3.8) is 0 Å². The number of ether oxygens (including phenoxy) is 2. The van der Waals surface area contributed by atoms with Gasteiger partial charge in [0.25, 0.3) is 5.79 Å². The molecule has 0 aromatic carbocycles. The molecule has 11 heavy (non-hydrogen) atoms. The SMILES string of the molecule is CC1=C(C)C2(OCCO2)C1=O. The van der Waals surface area contributed by atoms with Gasteiger partial charge in [-0.1, -0.05) is 0 Å². The van der Waals surface area contributed by atoms with E-state index >= 15 is 0 Å². The maximum atomic E-state index is 11.3. The Hall–Kier alpha value is -0.670. The molecule has 3 heteroatoms. The van der Waals surface area contributed by atoms with Crippen LogP contribution in [-0.4, -0.2) is 24.8 Å². The smallest absolute Gasteiger partial charge is 0.257 e.